The number of halogens is 3. The van der Waals surface area contributed by atoms with Gasteiger partial charge in [-0.25, -0.2) is 13.1 Å². The lowest BCUT2D eigenvalue weighted by Crippen LogP contribution is -2.33. The van der Waals surface area contributed by atoms with Gasteiger partial charge in [-0.1, -0.05) is 18.6 Å². The molecule has 0 aromatic heterocycles. The molecule has 0 atom stereocenters. The molecule has 8 heteroatoms. The molecule has 4 nitrogen and oxygen atoms in total. The quantitative estimate of drug-likeness (QED) is 0.803. The Morgan fingerprint density at radius 1 is 1.09 bits per heavy atom. The summed E-state index contributed by atoms with van der Waals surface area (Å²) >= 11 is 0. The highest BCUT2D eigenvalue weighted by molar-refractivity contribution is 7.89. The smallest absolute Gasteiger partial charge is 0.303 e. The topological polar surface area (TPSA) is 49.4 Å². The van der Waals surface area contributed by atoms with Gasteiger partial charge in [0.05, 0.1) is 10.5 Å². The zero-order chi connectivity index (χ0) is 16.9. The Morgan fingerprint density at radius 2 is 1.74 bits per heavy atom. The Hall–Kier alpha value is -1.12. The second-order valence-corrected chi connectivity index (χ2v) is 7.38. The molecule has 0 unspecified atom stereocenters. The van der Waals surface area contributed by atoms with E-state index in [0.29, 0.717) is 6.42 Å². The molecule has 1 saturated heterocycles. The number of nitrogens with one attached hydrogen (secondary N) is 1. The normalized spacial score (nSPS) is 17.3. The van der Waals surface area contributed by atoms with E-state index in [4.69, 9.17) is 0 Å². The molecule has 1 aromatic carbocycles. The summed E-state index contributed by atoms with van der Waals surface area (Å²) in [5.41, 5.74) is -1.14. The second kappa shape index (κ2) is 7.63. The summed E-state index contributed by atoms with van der Waals surface area (Å²) in [6.45, 7) is 2.89. The average Bonchev–Trinajstić information content (AvgIpc) is 2.52. The third-order valence-corrected chi connectivity index (χ3v) is 5.39. The van der Waals surface area contributed by atoms with Crippen LogP contribution in [0, 0.1) is 0 Å². The molecule has 130 valence electrons. The first-order valence-electron chi connectivity index (χ1n) is 7.69. The van der Waals surface area contributed by atoms with Gasteiger partial charge in [0.15, 0.2) is 0 Å². The van der Waals surface area contributed by atoms with Gasteiger partial charge in [0.2, 0.25) is 10.0 Å². The highest BCUT2D eigenvalue weighted by Gasteiger charge is 2.36. The van der Waals surface area contributed by atoms with Crippen molar-refractivity contribution in [2.45, 2.75) is 36.8 Å². The zero-order valence-corrected chi connectivity index (χ0v) is 13.6. The summed E-state index contributed by atoms with van der Waals surface area (Å²) in [5, 5.41) is 0. The van der Waals surface area contributed by atoms with Crippen molar-refractivity contribution in [3.63, 3.8) is 0 Å². The van der Waals surface area contributed by atoms with Crippen LogP contribution in [0.5, 0.6) is 0 Å². The predicted octanol–water partition coefficient (Wildman–Crippen LogP) is 2.86. The minimum absolute atomic E-state index is 0.130. The summed E-state index contributed by atoms with van der Waals surface area (Å²) in [6.07, 6.45) is -0.612. The van der Waals surface area contributed by atoms with Gasteiger partial charge in [0.1, 0.15) is 0 Å². The fraction of sp³-hybridized carbons (Fsp3) is 0.600. The fourth-order valence-corrected chi connectivity index (χ4v) is 4.00. The molecule has 1 aliphatic heterocycles. The van der Waals surface area contributed by atoms with E-state index in [2.05, 4.69) is 9.62 Å². The Kier molecular flexibility index (Phi) is 6.05. The SMILES string of the molecule is O=S(=O)(NCCCN1CCCCC1)c1ccccc1C(F)(F)F. The van der Waals surface area contributed by atoms with Crippen molar-refractivity contribution in [3.8, 4) is 0 Å². The maximum absolute atomic E-state index is 12.9. The number of hydrogen-bond acceptors (Lipinski definition) is 3. The van der Waals surface area contributed by atoms with E-state index in [1.807, 2.05) is 0 Å². The number of sulfonamides is 1. The predicted molar refractivity (Wildman–Crippen MR) is 81.5 cm³/mol. The van der Waals surface area contributed by atoms with Crippen molar-refractivity contribution < 1.29 is 21.6 Å². The standard InChI is InChI=1S/C15H21F3N2O2S/c16-15(17,18)13-7-2-3-8-14(13)23(21,22)19-9-6-12-20-10-4-1-5-11-20/h2-3,7-8,19H,1,4-6,9-12H2. The average molecular weight is 350 g/mol. The van der Waals surface area contributed by atoms with Gasteiger partial charge in [-0.3, -0.25) is 0 Å². The Balaban J connectivity index is 1.94. The molecule has 0 spiro atoms. The largest absolute Gasteiger partial charge is 0.417 e. The zero-order valence-electron chi connectivity index (χ0n) is 12.8. The van der Waals surface area contributed by atoms with Crippen molar-refractivity contribution in [1.82, 2.24) is 9.62 Å². The van der Waals surface area contributed by atoms with Crippen LogP contribution in [-0.4, -0.2) is 39.5 Å². The molecule has 1 aromatic rings. The van der Waals surface area contributed by atoms with Crippen LogP contribution in [-0.2, 0) is 16.2 Å². The van der Waals surface area contributed by atoms with Gasteiger partial charge in [-0.15, -0.1) is 0 Å². The van der Waals surface area contributed by atoms with E-state index in [9.17, 15) is 21.6 Å². The minimum Gasteiger partial charge on any atom is -0.303 e. The summed E-state index contributed by atoms with van der Waals surface area (Å²) in [4.78, 5) is 1.53. The van der Waals surface area contributed by atoms with Crippen molar-refractivity contribution >= 4 is 10.0 Å². The molecule has 2 rings (SSSR count). The summed E-state index contributed by atoms with van der Waals surface area (Å²) in [7, 11) is -4.17. The maximum atomic E-state index is 12.9. The van der Waals surface area contributed by atoms with Crippen molar-refractivity contribution in [2.75, 3.05) is 26.2 Å². The first kappa shape index (κ1) is 18.2. The van der Waals surface area contributed by atoms with Crippen molar-refractivity contribution in [3.05, 3.63) is 29.8 Å². The van der Waals surface area contributed by atoms with Gasteiger partial charge in [-0.05, 0) is 51.0 Å². The number of alkyl halides is 3. The molecule has 1 N–H and O–H groups in total. The third-order valence-electron chi connectivity index (χ3n) is 3.87. The summed E-state index contributed by atoms with van der Waals surface area (Å²) in [5.74, 6) is 0. The molecule has 0 bridgehead atoms. The van der Waals surface area contributed by atoms with E-state index in [1.54, 1.807) is 0 Å². The van der Waals surface area contributed by atoms with Crippen LogP contribution in [0.1, 0.15) is 31.2 Å². The van der Waals surface area contributed by atoms with E-state index in [1.165, 1.54) is 18.6 Å². The van der Waals surface area contributed by atoms with Crippen LogP contribution in [0.15, 0.2) is 29.2 Å². The number of likely N-dealkylation sites (tertiary alicyclic amines) is 1. The molecule has 0 saturated carbocycles. The lowest BCUT2D eigenvalue weighted by molar-refractivity contribution is -0.139. The maximum Gasteiger partial charge on any atom is 0.417 e. The molecule has 1 heterocycles. The number of nitrogens with zero attached hydrogens (tertiary/aromatic N) is 1. The molecule has 1 aliphatic rings. The number of hydrogen-bond donors (Lipinski definition) is 1. The lowest BCUT2D eigenvalue weighted by atomic mass is 10.1. The molecule has 1 fully saturated rings. The van der Waals surface area contributed by atoms with Gasteiger partial charge in [-0.2, -0.15) is 13.2 Å². The summed E-state index contributed by atoms with van der Waals surface area (Å²) in [6, 6.07) is 4.23. The number of rotatable bonds is 6. The van der Waals surface area contributed by atoms with Gasteiger partial charge < -0.3 is 4.90 Å². The van der Waals surface area contributed by atoms with Crippen LogP contribution in [0.3, 0.4) is 0 Å². The molecular weight excluding hydrogens is 329 g/mol. The van der Waals surface area contributed by atoms with Crippen LogP contribution in [0.25, 0.3) is 0 Å². The Morgan fingerprint density at radius 3 is 2.39 bits per heavy atom. The third kappa shape index (κ3) is 5.19. The highest BCUT2D eigenvalue weighted by Crippen LogP contribution is 2.33. The van der Waals surface area contributed by atoms with E-state index in [-0.39, 0.29) is 6.54 Å². The molecular formula is C15H21F3N2O2S. The van der Waals surface area contributed by atoms with Crippen molar-refractivity contribution in [1.29, 1.82) is 0 Å². The second-order valence-electron chi connectivity index (χ2n) is 5.65. The first-order chi connectivity index (χ1) is 10.8. The van der Waals surface area contributed by atoms with E-state index >= 15 is 0 Å². The first-order valence-corrected chi connectivity index (χ1v) is 9.17. The van der Waals surface area contributed by atoms with Crippen LogP contribution >= 0.6 is 0 Å². The monoisotopic (exact) mass is 350 g/mol. The highest BCUT2D eigenvalue weighted by atomic mass is 32.2. The lowest BCUT2D eigenvalue weighted by Gasteiger charge is -2.26. The molecule has 0 radical (unpaired) electrons. The van der Waals surface area contributed by atoms with Gasteiger partial charge in [0, 0.05) is 6.54 Å². The van der Waals surface area contributed by atoms with Crippen LogP contribution < -0.4 is 4.72 Å². The Bertz CT molecular complexity index is 611. The van der Waals surface area contributed by atoms with Crippen molar-refractivity contribution in [2.24, 2.45) is 0 Å². The number of benzene rings is 1. The van der Waals surface area contributed by atoms with Crippen LogP contribution in [0.2, 0.25) is 0 Å². The van der Waals surface area contributed by atoms with Gasteiger partial charge >= 0.3 is 6.18 Å². The van der Waals surface area contributed by atoms with Gasteiger partial charge in [0.25, 0.3) is 0 Å². The molecule has 23 heavy (non-hydrogen) atoms. The van der Waals surface area contributed by atoms with E-state index < -0.39 is 26.7 Å². The minimum atomic E-state index is -4.70. The molecule has 0 amide bonds. The fourth-order valence-electron chi connectivity index (χ4n) is 2.71. The number of piperidine rings is 1. The molecule has 0 aliphatic carbocycles. The summed E-state index contributed by atoms with van der Waals surface area (Å²) < 4.78 is 65.3. The Labute approximate surface area is 134 Å². The van der Waals surface area contributed by atoms with Crippen LogP contribution in [0.4, 0.5) is 13.2 Å². The van der Waals surface area contributed by atoms with E-state index in [0.717, 1.165) is 44.6 Å².